The number of aromatic nitrogens is 1. The number of hydrogen-bond donors (Lipinski definition) is 2. The maximum absolute atomic E-state index is 5.07. The lowest BCUT2D eigenvalue weighted by Gasteiger charge is -2.35. The molecule has 0 aliphatic carbocycles. The van der Waals surface area contributed by atoms with Crippen LogP contribution in [0.5, 0.6) is 0 Å². The van der Waals surface area contributed by atoms with Crippen molar-refractivity contribution in [3.63, 3.8) is 0 Å². The summed E-state index contributed by atoms with van der Waals surface area (Å²) in [5.41, 5.74) is 4.40. The molecule has 8 heteroatoms. The third kappa shape index (κ3) is 5.21. The molecule has 5 nitrogen and oxygen atoms in total. The lowest BCUT2D eigenvalue weighted by Crippen LogP contribution is -2.53. The fourth-order valence-electron chi connectivity index (χ4n) is 4.05. The van der Waals surface area contributed by atoms with Gasteiger partial charge in [0.2, 0.25) is 0 Å². The first kappa shape index (κ1) is 23.5. The summed E-state index contributed by atoms with van der Waals surface area (Å²) in [5, 5.41) is 9.39. The smallest absolute Gasteiger partial charge is 0.158 e. The zero-order chi connectivity index (χ0) is 19.6. The van der Waals surface area contributed by atoms with Crippen molar-refractivity contribution in [2.24, 2.45) is 4.99 Å². The van der Waals surface area contributed by atoms with Gasteiger partial charge in [-0.2, -0.15) is 0 Å². The largest absolute Gasteiger partial charge is 0.352 e. The number of amidine groups is 1. The summed E-state index contributed by atoms with van der Waals surface area (Å²) in [5.74, 6) is 0.994. The van der Waals surface area contributed by atoms with Crippen molar-refractivity contribution in [2.75, 3.05) is 25.0 Å². The highest BCUT2D eigenvalue weighted by Crippen LogP contribution is 2.37. The maximum Gasteiger partial charge on any atom is 0.158 e. The average molecular weight is 476 g/mol. The van der Waals surface area contributed by atoms with Gasteiger partial charge in [0.05, 0.1) is 16.4 Å². The molecule has 164 valence electrons. The van der Waals surface area contributed by atoms with Crippen LogP contribution in [0, 0.1) is 6.92 Å². The fraction of sp³-hybridized carbons (Fsp3) is 0.304. The number of aliphatic imine (C=N–C) groups is 1. The van der Waals surface area contributed by atoms with Crippen molar-refractivity contribution in [1.82, 2.24) is 15.2 Å². The molecule has 0 spiro atoms. The first-order chi connectivity index (χ1) is 14.3. The van der Waals surface area contributed by atoms with Crippen LogP contribution in [0.3, 0.4) is 0 Å². The van der Waals surface area contributed by atoms with Crippen LogP contribution in [0.15, 0.2) is 59.6 Å². The van der Waals surface area contributed by atoms with E-state index in [0.717, 1.165) is 65.4 Å². The molecule has 1 atom stereocenters. The highest BCUT2D eigenvalue weighted by Gasteiger charge is 2.28. The van der Waals surface area contributed by atoms with Crippen LogP contribution in [-0.2, 0) is 6.42 Å². The van der Waals surface area contributed by atoms with Crippen molar-refractivity contribution in [2.45, 2.75) is 25.8 Å². The molecule has 3 heterocycles. The Morgan fingerprint density at radius 1 is 1.06 bits per heavy atom. The van der Waals surface area contributed by atoms with Gasteiger partial charge in [-0.1, -0.05) is 42.5 Å². The van der Waals surface area contributed by atoms with Crippen molar-refractivity contribution in [3.05, 3.63) is 70.9 Å². The Morgan fingerprint density at radius 2 is 1.84 bits per heavy atom. The molecule has 0 saturated carbocycles. The van der Waals surface area contributed by atoms with Gasteiger partial charge in [0, 0.05) is 25.7 Å². The number of nitrogens with zero attached hydrogens (tertiary/aromatic N) is 3. The zero-order valence-corrected chi connectivity index (χ0v) is 19.8. The second-order valence-electron chi connectivity index (χ2n) is 7.61. The minimum atomic E-state index is 0. The normalized spacial score (nSPS) is 17.1. The van der Waals surface area contributed by atoms with E-state index in [9.17, 15) is 0 Å². The van der Waals surface area contributed by atoms with E-state index in [2.05, 4.69) is 64.9 Å². The zero-order valence-electron chi connectivity index (χ0n) is 17.4. The predicted octanol–water partition coefficient (Wildman–Crippen LogP) is 5.34. The molecule has 1 fully saturated rings. The van der Waals surface area contributed by atoms with E-state index in [1.54, 1.807) is 11.3 Å². The third-order valence-electron chi connectivity index (χ3n) is 5.50. The van der Waals surface area contributed by atoms with Gasteiger partial charge >= 0.3 is 0 Å². The van der Waals surface area contributed by atoms with Crippen molar-refractivity contribution in [3.8, 4) is 0 Å². The van der Waals surface area contributed by atoms with Crippen molar-refractivity contribution < 1.29 is 0 Å². The molecule has 3 aromatic rings. The first-order valence-corrected chi connectivity index (χ1v) is 11.0. The van der Waals surface area contributed by atoms with E-state index >= 15 is 0 Å². The standard InChI is InChI=1S/C23H25N5S.2ClH/c1-16-25-21-22(26-19-9-5-6-10-20(19)27-23(21)29-16)28-14-13-24-18(15-28)12-11-17-7-3-2-4-8-17;;/h2-10,18,24,27H,11-15H2,1H3;2*1H/t18-;;/m0../s1. The van der Waals surface area contributed by atoms with Gasteiger partial charge in [0.1, 0.15) is 10.7 Å². The molecule has 0 amide bonds. The average Bonchev–Trinajstić information content (AvgIpc) is 3.04. The predicted molar refractivity (Wildman–Crippen MR) is 135 cm³/mol. The second kappa shape index (κ2) is 10.5. The van der Waals surface area contributed by atoms with E-state index in [4.69, 9.17) is 9.98 Å². The van der Waals surface area contributed by atoms with Crippen LogP contribution < -0.4 is 10.6 Å². The SMILES string of the molecule is Cc1nc2c(s1)Nc1ccccc1N=C2N1CCN[C@@H](CCc2ccccc2)C1.Cl.Cl. The highest BCUT2D eigenvalue weighted by atomic mass is 35.5. The van der Waals surface area contributed by atoms with Crippen LogP contribution in [0.4, 0.5) is 16.4 Å². The molecule has 2 aromatic carbocycles. The molecule has 0 radical (unpaired) electrons. The Hall–Kier alpha value is -2.12. The number of halogens is 2. The van der Waals surface area contributed by atoms with E-state index in [0.29, 0.717) is 6.04 Å². The summed E-state index contributed by atoms with van der Waals surface area (Å²) in [6.45, 7) is 4.92. The molecule has 0 unspecified atom stereocenters. The molecule has 1 saturated heterocycles. The highest BCUT2D eigenvalue weighted by molar-refractivity contribution is 7.16. The van der Waals surface area contributed by atoms with Crippen LogP contribution in [0.25, 0.3) is 0 Å². The van der Waals surface area contributed by atoms with Crippen molar-refractivity contribution >= 4 is 58.4 Å². The van der Waals surface area contributed by atoms with Gasteiger partial charge in [0.25, 0.3) is 0 Å². The monoisotopic (exact) mass is 475 g/mol. The Bertz CT molecular complexity index is 1040. The number of piperazine rings is 1. The number of rotatable bonds is 3. The van der Waals surface area contributed by atoms with Crippen molar-refractivity contribution in [1.29, 1.82) is 0 Å². The Labute approximate surface area is 199 Å². The maximum atomic E-state index is 5.07. The molecule has 0 bridgehead atoms. The van der Waals surface area contributed by atoms with E-state index in [1.807, 2.05) is 12.1 Å². The first-order valence-electron chi connectivity index (χ1n) is 10.2. The molecule has 2 aliphatic rings. The third-order valence-corrected chi connectivity index (χ3v) is 6.39. The molecule has 2 N–H and O–H groups in total. The summed E-state index contributed by atoms with van der Waals surface area (Å²) >= 11 is 1.70. The van der Waals surface area contributed by atoms with Gasteiger partial charge < -0.3 is 15.5 Å². The Kier molecular flexibility index (Phi) is 7.94. The summed E-state index contributed by atoms with van der Waals surface area (Å²) in [6.07, 6.45) is 2.20. The van der Waals surface area contributed by atoms with E-state index in [1.165, 1.54) is 5.56 Å². The fourth-order valence-corrected chi connectivity index (χ4v) is 4.87. The summed E-state index contributed by atoms with van der Waals surface area (Å²) in [6, 6.07) is 19.4. The molecule has 2 aliphatic heterocycles. The van der Waals surface area contributed by atoms with Gasteiger partial charge in [-0.3, -0.25) is 0 Å². The summed E-state index contributed by atoms with van der Waals surface area (Å²) in [4.78, 5) is 12.3. The number of fused-ring (bicyclic) bond motifs is 2. The summed E-state index contributed by atoms with van der Waals surface area (Å²) < 4.78 is 0. The Balaban J connectivity index is 0.00000136. The minimum Gasteiger partial charge on any atom is -0.352 e. The van der Waals surface area contributed by atoms with Gasteiger partial charge in [-0.15, -0.1) is 36.2 Å². The molecular formula is C23H27Cl2N5S. The lowest BCUT2D eigenvalue weighted by molar-refractivity contribution is 0.282. The molecular weight excluding hydrogens is 449 g/mol. The van der Waals surface area contributed by atoms with Crippen LogP contribution in [-0.4, -0.2) is 41.4 Å². The van der Waals surface area contributed by atoms with Gasteiger partial charge in [0.15, 0.2) is 5.84 Å². The quantitative estimate of drug-likeness (QED) is 0.536. The Morgan fingerprint density at radius 3 is 2.68 bits per heavy atom. The van der Waals surface area contributed by atoms with Crippen LogP contribution >= 0.6 is 36.2 Å². The van der Waals surface area contributed by atoms with E-state index < -0.39 is 0 Å². The van der Waals surface area contributed by atoms with Crippen LogP contribution in [0.1, 0.15) is 22.7 Å². The molecule has 5 rings (SSSR count). The lowest BCUT2D eigenvalue weighted by atomic mass is 10.0. The molecule has 31 heavy (non-hydrogen) atoms. The number of hydrogen-bond acceptors (Lipinski definition) is 6. The van der Waals surface area contributed by atoms with Gasteiger partial charge in [-0.05, 0) is 37.5 Å². The molecule has 1 aromatic heterocycles. The number of para-hydroxylation sites is 2. The second-order valence-corrected chi connectivity index (χ2v) is 8.81. The summed E-state index contributed by atoms with van der Waals surface area (Å²) in [7, 11) is 0. The topological polar surface area (TPSA) is 52.6 Å². The van der Waals surface area contributed by atoms with E-state index in [-0.39, 0.29) is 24.8 Å². The minimum absolute atomic E-state index is 0. The number of nitrogens with one attached hydrogen (secondary N) is 2. The number of anilines is 2. The van der Waals surface area contributed by atoms with Gasteiger partial charge in [-0.25, -0.2) is 9.98 Å². The van der Waals surface area contributed by atoms with Crippen LogP contribution in [0.2, 0.25) is 0 Å². The number of aryl methyl sites for hydroxylation is 2. The number of thiazole rings is 1. The number of benzene rings is 2.